The van der Waals surface area contributed by atoms with Crippen molar-refractivity contribution in [3.8, 4) is 11.5 Å². The highest BCUT2D eigenvalue weighted by Crippen LogP contribution is 2.42. The molecule has 3 rings (SSSR count). The standard InChI is InChI=1S/C16H16O7S/c1-4-21-13-10-5-6-22-14(10)16(20-2)15-12(13)11(17)7-9(23-15)8-24(3,18)19/h5-7H,4,8H2,1-3H3. The lowest BCUT2D eigenvalue weighted by atomic mass is 10.1. The Morgan fingerprint density at radius 1 is 1.21 bits per heavy atom. The summed E-state index contributed by atoms with van der Waals surface area (Å²) < 4.78 is 45.1. The van der Waals surface area contributed by atoms with Gasteiger partial charge in [0, 0.05) is 12.3 Å². The van der Waals surface area contributed by atoms with Crippen molar-refractivity contribution in [1.29, 1.82) is 0 Å². The first-order chi connectivity index (χ1) is 11.4. The molecule has 8 heteroatoms. The number of hydrogen-bond donors (Lipinski definition) is 0. The summed E-state index contributed by atoms with van der Waals surface area (Å²) >= 11 is 0. The van der Waals surface area contributed by atoms with E-state index in [0.29, 0.717) is 23.3 Å². The fraction of sp³-hybridized carbons (Fsp3) is 0.312. The second-order valence-electron chi connectivity index (χ2n) is 5.31. The number of fused-ring (bicyclic) bond motifs is 2. The van der Waals surface area contributed by atoms with Crippen LogP contribution < -0.4 is 14.9 Å². The molecule has 0 fully saturated rings. The lowest BCUT2D eigenvalue weighted by Gasteiger charge is -2.12. The van der Waals surface area contributed by atoms with Crippen LogP contribution in [-0.2, 0) is 15.6 Å². The van der Waals surface area contributed by atoms with Crippen molar-refractivity contribution in [1.82, 2.24) is 0 Å². The van der Waals surface area contributed by atoms with Gasteiger partial charge in [-0.1, -0.05) is 0 Å². The first-order valence-electron chi connectivity index (χ1n) is 7.20. The van der Waals surface area contributed by atoms with Crippen LogP contribution >= 0.6 is 0 Å². The van der Waals surface area contributed by atoms with Gasteiger partial charge in [-0.05, 0) is 13.0 Å². The monoisotopic (exact) mass is 352 g/mol. The fourth-order valence-corrected chi connectivity index (χ4v) is 3.29. The largest absolute Gasteiger partial charge is 0.492 e. The minimum Gasteiger partial charge on any atom is -0.492 e. The van der Waals surface area contributed by atoms with Crippen LogP contribution in [0.4, 0.5) is 0 Å². The maximum absolute atomic E-state index is 12.6. The Bertz CT molecular complexity index is 1070. The Kier molecular flexibility index (Phi) is 4.00. The Labute approximate surface area is 137 Å². The predicted octanol–water partition coefficient (Wildman–Crippen LogP) is 2.49. The molecule has 128 valence electrons. The molecule has 0 saturated carbocycles. The average molecular weight is 352 g/mol. The maximum Gasteiger partial charge on any atom is 0.206 e. The smallest absolute Gasteiger partial charge is 0.206 e. The minimum absolute atomic E-state index is 0.0293. The van der Waals surface area contributed by atoms with E-state index in [-0.39, 0.29) is 28.2 Å². The number of methoxy groups -OCH3 is 1. The number of rotatable bonds is 5. The molecule has 0 aliphatic heterocycles. The Morgan fingerprint density at radius 2 is 1.96 bits per heavy atom. The Morgan fingerprint density at radius 3 is 2.58 bits per heavy atom. The van der Waals surface area contributed by atoms with Crippen LogP contribution in [0.1, 0.15) is 12.7 Å². The molecule has 24 heavy (non-hydrogen) atoms. The molecular formula is C16H16O7S. The van der Waals surface area contributed by atoms with Crippen LogP contribution in [0.25, 0.3) is 21.9 Å². The summed E-state index contributed by atoms with van der Waals surface area (Å²) in [4.78, 5) is 12.6. The quantitative estimate of drug-likeness (QED) is 0.696. The predicted molar refractivity (Wildman–Crippen MR) is 88.5 cm³/mol. The van der Waals surface area contributed by atoms with E-state index in [2.05, 4.69) is 0 Å². The van der Waals surface area contributed by atoms with Crippen molar-refractivity contribution in [2.45, 2.75) is 12.7 Å². The number of furan rings is 1. The number of hydrogen-bond acceptors (Lipinski definition) is 7. The third-order valence-electron chi connectivity index (χ3n) is 3.45. The van der Waals surface area contributed by atoms with Crippen LogP contribution in [-0.4, -0.2) is 28.4 Å². The van der Waals surface area contributed by atoms with Gasteiger partial charge >= 0.3 is 0 Å². The Hall–Kier alpha value is -2.48. The zero-order valence-corrected chi connectivity index (χ0v) is 14.2. The molecule has 0 N–H and O–H groups in total. The van der Waals surface area contributed by atoms with E-state index in [0.717, 1.165) is 12.3 Å². The van der Waals surface area contributed by atoms with E-state index in [1.54, 1.807) is 13.0 Å². The average Bonchev–Trinajstić information content (AvgIpc) is 2.94. The third-order valence-corrected chi connectivity index (χ3v) is 4.25. The van der Waals surface area contributed by atoms with E-state index in [1.165, 1.54) is 13.4 Å². The summed E-state index contributed by atoms with van der Waals surface area (Å²) in [5.41, 5.74) is 0.0717. The zero-order chi connectivity index (χ0) is 17.5. The van der Waals surface area contributed by atoms with E-state index in [1.807, 2.05) is 0 Å². The first-order valence-corrected chi connectivity index (χ1v) is 9.26. The molecule has 2 heterocycles. The molecule has 0 radical (unpaired) electrons. The van der Waals surface area contributed by atoms with Crippen LogP contribution in [0.15, 0.2) is 32.0 Å². The third kappa shape index (κ3) is 2.73. The Balaban J connectivity index is 2.46. The zero-order valence-electron chi connectivity index (χ0n) is 13.4. The molecule has 0 amide bonds. The van der Waals surface area contributed by atoms with Crippen molar-refractivity contribution in [3.63, 3.8) is 0 Å². The molecule has 0 saturated heterocycles. The molecule has 0 unspecified atom stereocenters. The highest BCUT2D eigenvalue weighted by molar-refractivity contribution is 7.89. The summed E-state index contributed by atoms with van der Waals surface area (Å²) in [5, 5.41) is 0.782. The summed E-state index contributed by atoms with van der Waals surface area (Å²) in [6.07, 6.45) is 2.52. The van der Waals surface area contributed by atoms with Gasteiger partial charge in [0.2, 0.25) is 5.75 Å². The van der Waals surface area contributed by atoms with Gasteiger partial charge in [0.15, 0.2) is 26.4 Å². The van der Waals surface area contributed by atoms with Crippen molar-refractivity contribution in [2.75, 3.05) is 20.0 Å². The highest BCUT2D eigenvalue weighted by Gasteiger charge is 2.23. The molecule has 3 aromatic rings. The van der Waals surface area contributed by atoms with Crippen molar-refractivity contribution >= 4 is 31.8 Å². The molecule has 0 atom stereocenters. The van der Waals surface area contributed by atoms with Crippen molar-refractivity contribution in [2.24, 2.45) is 0 Å². The summed E-state index contributed by atoms with van der Waals surface area (Å²) in [6.45, 7) is 2.13. The van der Waals surface area contributed by atoms with Gasteiger partial charge in [-0.15, -0.1) is 0 Å². The SMILES string of the molecule is CCOc1c2ccoc2c(OC)c2oc(CS(C)(=O)=O)cc(=O)c12. The summed E-state index contributed by atoms with van der Waals surface area (Å²) in [5.74, 6) is 0.195. The lowest BCUT2D eigenvalue weighted by Crippen LogP contribution is -2.09. The molecule has 2 aromatic heterocycles. The van der Waals surface area contributed by atoms with Gasteiger partial charge in [-0.25, -0.2) is 8.42 Å². The van der Waals surface area contributed by atoms with Crippen molar-refractivity contribution < 1.29 is 26.7 Å². The van der Waals surface area contributed by atoms with Gasteiger partial charge in [0.25, 0.3) is 0 Å². The molecule has 7 nitrogen and oxygen atoms in total. The molecular weight excluding hydrogens is 336 g/mol. The maximum atomic E-state index is 12.6. The normalized spacial score (nSPS) is 12.0. The van der Waals surface area contributed by atoms with E-state index in [9.17, 15) is 13.2 Å². The second kappa shape index (κ2) is 5.86. The van der Waals surface area contributed by atoms with E-state index in [4.69, 9.17) is 18.3 Å². The van der Waals surface area contributed by atoms with Crippen molar-refractivity contribution in [3.05, 3.63) is 34.4 Å². The molecule has 0 spiro atoms. The van der Waals surface area contributed by atoms with Crippen LogP contribution in [0.3, 0.4) is 0 Å². The summed E-state index contributed by atoms with van der Waals surface area (Å²) in [7, 11) is -1.95. The van der Waals surface area contributed by atoms with Gasteiger partial charge in [0.1, 0.15) is 22.6 Å². The number of sulfone groups is 1. The van der Waals surface area contributed by atoms with Crippen LogP contribution in [0.2, 0.25) is 0 Å². The number of ether oxygens (including phenoxy) is 2. The molecule has 1 aromatic carbocycles. The molecule has 0 aliphatic rings. The van der Waals surface area contributed by atoms with E-state index >= 15 is 0 Å². The van der Waals surface area contributed by atoms with Crippen LogP contribution in [0, 0.1) is 0 Å². The van der Waals surface area contributed by atoms with E-state index < -0.39 is 15.3 Å². The van der Waals surface area contributed by atoms with Gasteiger partial charge in [0.05, 0.1) is 25.4 Å². The van der Waals surface area contributed by atoms with Gasteiger partial charge in [-0.2, -0.15) is 0 Å². The highest BCUT2D eigenvalue weighted by atomic mass is 32.2. The van der Waals surface area contributed by atoms with Crippen LogP contribution in [0.5, 0.6) is 11.5 Å². The molecule has 0 bridgehead atoms. The van der Waals surface area contributed by atoms with Gasteiger partial charge < -0.3 is 18.3 Å². The fourth-order valence-electron chi connectivity index (χ4n) is 2.63. The molecule has 0 aliphatic carbocycles. The first kappa shape index (κ1) is 16.4. The minimum atomic E-state index is -3.36. The second-order valence-corrected chi connectivity index (χ2v) is 7.45. The topological polar surface area (TPSA) is 95.9 Å². The lowest BCUT2D eigenvalue weighted by molar-refractivity contribution is 0.346. The van der Waals surface area contributed by atoms with Gasteiger partial charge in [-0.3, -0.25) is 4.79 Å². The number of benzene rings is 1. The summed E-state index contributed by atoms with van der Waals surface area (Å²) in [6, 6.07) is 2.84.